The highest BCUT2D eigenvalue weighted by molar-refractivity contribution is 6.01. The average molecular weight is 1600 g/mol. The normalized spacial score (nSPS) is 16.0. The van der Waals surface area contributed by atoms with Crippen LogP contribution in [0.15, 0.2) is 24.3 Å². The molecule has 15 amide bonds. The Bertz CT molecular complexity index is 3490. The molecule has 628 valence electrons. The number of nitrogens with two attached hydrogens (primary N) is 2. The van der Waals surface area contributed by atoms with Crippen LogP contribution < -0.4 is 85.9 Å². The van der Waals surface area contributed by atoms with Crippen molar-refractivity contribution in [1.82, 2.24) is 74.4 Å². The highest BCUT2D eigenvalue weighted by Gasteiger charge is 2.41. The summed E-state index contributed by atoms with van der Waals surface area (Å²) in [7, 11) is 0. The molecule has 0 radical (unpaired) electrons. The molecule has 0 spiro atoms. The Hall–Kier alpha value is -11.3. The van der Waals surface area contributed by atoms with E-state index < -0.39 is 304 Å². The van der Waals surface area contributed by atoms with Crippen molar-refractivity contribution < 1.29 is 147 Å². The fourth-order valence-electron chi connectivity index (χ4n) is 10.0. The van der Waals surface area contributed by atoms with Gasteiger partial charge in [0.05, 0.1) is 57.5 Å². The van der Waals surface area contributed by atoms with Gasteiger partial charge in [-0.1, -0.05) is 60.1 Å². The SMILES string of the molecule is CC[C@H](C)[C@H](NC(=O)[C@H](Cc1ccc(O)cc1)NC(=O)[C@H](CO)NC(=O)[C@H](CCC(=O)O)NC(=O)[C@@H](N)CO)C(=O)N[C@@H](CC(N)=O)C(=O)N[C@@H](CO)C(=O)N[C@@H](CC(=O)O)C(=O)NCC(=O)N[C@H](C(=O)N[C@H](C(=O)N[C@H](C(=O)N[C@H](C(=O)N[C@H](C(=O)N[C@@H](CCC(=O)O)C(=O)O)[C@@H](C)O)C(C)C)[C@@H](C)O)C(C)C)[C@@H](C)O. The highest BCUT2D eigenvalue weighted by atomic mass is 16.4. The highest BCUT2D eigenvalue weighted by Crippen LogP contribution is 2.16. The smallest absolute Gasteiger partial charge is 0.326 e. The van der Waals surface area contributed by atoms with Crippen LogP contribution in [0.25, 0.3) is 0 Å². The molecule has 0 unspecified atom stereocenters. The maximum atomic E-state index is 14.3. The number of phenolic OH excluding ortho intramolecular Hbond substituents is 1. The zero-order valence-electron chi connectivity index (χ0n) is 62.7. The lowest BCUT2D eigenvalue weighted by Crippen LogP contribution is -2.64. The molecular weight excluding hydrogens is 1500 g/mol. The number of nitrogens with one attached hydrogen (secondary N) is 14. The van der Waals surface area contributed by atoms with E-state index in [2.05, 4.69) is 53.2 Å². The summed E-state index contributed by atoms with van der Waals surface area (Å²) in [6.45, 7) is 7.16. The number of phenols is 1. The maximum Gasteiger partial charge on any atom is 0.326 e. The number of carbonyl (C=O) groups is 19. The van der Waals surface area contributed by atoms with Gasteiger partial charge in [0.2, 0.25) is 88.6 Å². The molecule has 0 bridgehead atoms. The van der Waals surface area contributed by atoms with E-state index in [0.29, 0.717) is 0 Å². The molecule has 46 nitrogen and oxygen atoms in total. The number of primary amides is 1. The van der Waals surface area contributed by atoms with Gasteiger partial charge in [-0.05, 0) is 69.1 Å². The zero-order chi connectivity index (χ0) is 85.9. The minimum absolute atomic E-state index is 0.0765. The van der Waals surface area contributed by atoms with Crippen molar-refractivity contribution >= 4 is 112 Å². The van der Waals surface area contributed by atoms with Gasteiger partial charge in [0.15, 0.2) is 0 Å². The van der Waals surface area contributed by atoms with Gasteiger partial charge in [-0.15, -0.1) is 0 Å². The number of carboxylic acids is 4. The Kier molecular flexibility index (Phi) is 42.6. The number of aliphatic hydroxyl groups is 6. The molecule has 1 aromatic rings. The molecule has 112 heavy (non-hydrogen) atoms. The topological polar surface area (TPSA) is 767 Å². The van der Waals surface area contributed by atoms with Gasteiger partial charge in [0.25, 0.3) is 0 Å². The minimum atomic E-state index is -2.16. The number of benzene rings is 1. The van der Waals surface area contributed by atoms with Gasteiger partial charge in [-0.25, -0.2) is 4.79 Å². The van der Waals surface area contributed by atoms with Crippen LogP contribution in [0.2, 0.25) is 0 Å². The molecule has 0 aliphatic rings. The van der Waals surface area contributed by atoms with Gasteiger partial charge >= 0.3 is 23.9 Å². The van der Waals surface area contributed by atoms with Crippen LogP contribution in [-0.2, 0) is 97.5 Å². The van der Waals surface area contributed by atoms with Crippen LogP contribution in [0.4, 0.5) is 0 Å². The number of carbonyl (C=O) groups excluding carboxylic acids is 15. The number of hydrogen-bond acceptors (Lipinski definition) is 27. The van der Waals surface area contributed by atoms with E-state index in [-0.39, 0.29) is 17.7 Å². The lowest BCUT2D eigenvalue weighted by molar-refractivity contribution is -0.144. The van der Waals surface area contributed by atoms with Crippen molar-refractivity contribution in [1.29, 1.82) is 0 Å². The third kappa shape index (κ3) is 34.3. The first-order chi connectivity index (χ1) is 52.1. The molecule has 0 saturated heterocycles. The molecule has 46 heteroatoms. The fraction of sp³-hybridized carbons (Fsp3) is 0.621. The monoisotopic (exact) mass is 1600 g/mol. The molecule has 1 aromatic carbocycles. The van der Waals surface area contributed by atoms with Crippen LogP contribution in [-0.4, -0.2) is 298 Å². The first kappa shape index (κ1) is 98.7. The van der Waals surface area contributed by atoms with E-state index in [0.717, 1.165) is 20.8 Å². The third-order valence-corrected chi connectivity index (χ3v) is 16.7. The first-order valence-electron chi connectivity index (χ1n) is 34.9. The van der Waals surface area contributed by atoms with Crippen LogP contribution >= 0.6 is 0 Å². The zero-order valence-corrected chi connectivity index (χ0v) is 62.7. The summed E-state index contributed by atoms with van der Waals surface area (Å²) in [5, 5.41) is 139. The van der Waals surface area contributed by atoms with Gasteiger partial charge in [-0.2, -0.15) is 0 Å². The summed E-state index contributed by atoms with van der Waals surface area (Å²) in [4.78, 5) is 249. The summed E-state index contributed by atoms with van der Waals surface area (Å²) in [6, 6.07) is -20.8. The average Bonchev–Trinajstić information content (AvgIpc) is 0.842. The molecule has 0 fully saturated rings. The summed E-state index contributed by atoms with van der Waals surface area (Å²) in [6.07, 6.45) is -10.5. The third-order valence-electron chi connectivity index (χ3n) is 16.7. The number of amides is 15. The fourth-order valence-corrected chi connectivity index (χ4v) is 10.0. The Morgan fingerprint density at radius 2 is 0.714 bits per heavy atom. The predicted molar refractivity (Wildman–Crippen MR) is 381 cm³/mol. The molecule has 1 rings (SSSR count). The molecular formula is C66H104N16O30. The van der Waals surface area contributed by atoms with Crippen molar-refractivity contribution in [3.05, 3.63) is 29.8 Å². The number of rotatable bonds is 51. The molecule has 0 saturated carbocycles. The van der Waals surface area contributed by atoms with Gasteiger partial charge in [-0.3, -0.25) is 86.3 Å². The molecule has 0 heterocycles. The number of aliphatic hydroxyl groups excluding tert-OH is 6. The van der Waals surface area contributed by atoms with E-state index in [9.17, 15) is 142 Å². The molecule has 0 aromatic heterocycles. The Morgan fingerprint density at radius 3 is 1.12 bits per heavy atom. The second-order valence-electron chi connectivity index (χ2n) is 26.7. The van der Waals surface area contributed by atoms with E-state index in [1.165, 1.54) is 58.9 Å². The largest absolute Gasteiger partial charge is 0.508 e. The Morgan fingerprint density at radius 1 is 0.375 bits per heavy atom. The number of hydrogen-bond donors (Lipinski definition) is 27. The van der Waals surface area contributed by atoms with Crippen molar-refractivity contribution in [2.45, 2.75) is 217 Å². The van der Waals surface area contributed by atoms with E-state index in [1.807, 2.05) is 21.3 Å². The van der Waals surface area contributed by atoms with Crippen molar-refractivity contribution in [3.8, 4) is 5.75 Å². The first-order valence-corrected chi connectivity index (χ1v) is 34.9. The molecule has 29 N–H and O–H groups in total. The predicted octanol–water partition coefficient (Wildman–Crippen LogP) is -11.7. The number of carboxylic acid groups (broad SMARTS) is 4. The lowest BCUT2D eigenvalue weighted by atomic mass is 9.96. The van der Waals surface area contributed by atoms with Gasteiger partial charge in [0.1, 0.15) is 90.3 Å². The van der Waals surface area contributed by atoms with Gasteiger partial charge in [0, 0.05) is 19.3 Å². The van der Waals surface area contributed by atoms with E-state index >= 15 is 0 Å². The van der Waals surface area contributed by atoms with Crippen LogP contribution in [0.5, 0.6) is 5.75 Å². The second-order valence-corrected chi connectivity index (χ2v) is 26.7. The van der Waals surface area contributed by atoms with E-state index in [1.54, 1.807) is 6.92 Å². The Balaban J connectivity index is 3.40. The summed E-state index contributed by atoms with van der Waals surface area (Å²) < 4.78 is 0. The van der Waals surface area contributed by atoms with Crippen molar-refractivity contribution in [2.75, 3.05) is 26.4 Å². The standard InChI is InChI=1S/C66H104N16O30/c1-10-28(6)49(80-57(102)37(19-32-11-13-33(89)14-12-32)72-58(103)40(24-84)75-55(100)35(15-17-44(92)93)70-53(98)34(67)23-83)62(107)74-38(20-42(68)90)56(101)76-41(25-85)59(104)73-39(21-46(96)97)54(99)69-22-43(91)77-50(29(7)86)64(109)78-47(26(2)3)61(106)82-52(31(9)88)65(110)79-48(27(4)5)60(105)81-51(30(8)87)63(108)71-36(66(111)112)16-18-45(94)95/h11-14,26-31,34-41,47-52,83-89H,10,15-25,67H2,1-9H3,(H2,68,90)(H,69,99)(H,70,98)(H,71,108)(H,72,103)(H,73,104)(H,74,107)(H,75,100)(H,76,101)(H,77,91)(H,78,109)(H,79,110)(H,80,102)(H,81,105)(H,82,106)(H,92,93)(H,94,95)(H,96,97)(H,111,112)/t28-,29+,30+,31+,34-,35-,36-,37-,38-,39-,40-,41-,47-,48-,49-,50-,51-,52-/m0/s1. The van der Waals surface area contributed by atoms with Gasteiger partial charge < -0.3 is 142 Å². The molecule has 0 aliphatic carbocycles. The molecule has 0 aliphatic heterocycles. The summed E-state index contributed by atoms with van der Waals surface area (Å²) >= 11 is 0. The Labute approximate surface area is 640 Å². The maximum absolute atomic E-state index is 14.3. The van der Waals surface area contributed by atoms with Crippen molar-refractivity contribution in [2.24, 2.45) is 29.2 Å². The molecule has 18 atom stereocenters. The van der Waals surface area contributed by atoms with Crippen LogP contribution in [0.3, 0.4) is 0 Å². The minimum Gasteiger partial charge on any atom is -0.508 e. The summed E-state index contributed by atoms with van der Waals surface area (Å²) in [5.74, 6) is -28.0. The van der Waals surface area contributed by atoms with Crippen LogP contribution in [0, 0.1) is 17.8 Å². The quantitative estimate of drug-likeness (QED) is 0.0288. The second kappa shape index (κ2) is 48.3. The van der Waals surface area contributed by atoms with Crippen LogP contribution in [0.1, 0.15) is 113 Å². The van der Waals surface area contributed by atoms with Crippen molar-refractivity contribution in [3.63, 3.8) is 0 Å². The number of aromatic hydroxyl groups is 1. The lowest BCUT2D eigenvalue weighted by Gasteiger charge is -2.31. The van der Waals surface area contributed by atoms with E-state index in [4.69, 9.17) is 16.6 Å². The summed E-state index contributed by atoms with van der Waals surface area (Å²) in [5.41, 5.74) is 11.2. The number of aliphatic carboxylic acids is 4.